The van der Waals surface area contributed by atoms with Crippen LogP contribution in [0.2, 0.25) is 25.2 Å². The van der Waals surface area contributed by atoms with Crippen LogP contribution in [0.3, 0.4) is 0 Å². The van der Waals surface area contributed by atoms with E-state index < -0.39 is 8.07 Å². The molecule has 0 heterocycles. The number of benzene rings is 2. The third-order valence-corrected chi connectivity index (χ3v) is 8.25. The number of aryl methyl sites for hydroxylation is 2. The van der Waals surface area contributed by atoms with Gasteiger partial charge in [0.05, 0.1) is 8.07 Å². The molecule has 0 aliphatic rings. The van der Waals surface area contributed by atoms with Crippen LogP contribution in [-0.4, -0.2) is 20.2 Å². The molecule has 0 aliphatic carbocycles. The Morgan fingerprint density at radius 1 is 0.720 bits per heavy atom. The second kappa shape index (κ2) is 8.57. The maximum atomic E-state index is 3.71. The van der Waals surface area contributed by atoms with E-state index in [1.807, 2.05) is 0 Å². The van der Waals surface area contributed by atoms with Crippen LogP contribution in [0.4, 0.5) is 11.4 Å². The van der Waals surface area contributed by atoms with E-state index in [-0.39, 0.29) is 0 Å². The molecule has 0 saturated heterocycles. The standard InChI is InChI=1S/C22H34N2Si/c1-17-11-7-9-13-21(17)23-19(3)15-25(5,6)16-20(4)24-22-14-10-8-12-18(22)2/h7-14,19-20,23-24H,15-16H2,1-6H3. The van der Waals surface area contributed by atoms with Gasteiger partial charge in [-0.2, -0.15) is 0 Å². The summed E-state index contributed by atoms with van der Waals surface area (Å²) in [6, 6.07) is 20.7. The first kappa shape index (κ1) is 19.6. The summed E-state index contributed by atoms with van der Waals surface area (Å²) in [6.07, 6.45) is 0. The predicted octanol–water partition coefficient (Wildman–Crippen LogP) is 6.31. The molecule has 0 saturated carbocycles. The highest BCUT2D eigenvalue weighted by Crippen LogP contribution is 2.25. The molecule has 0 radical (unpaired) electrons. The van der Waals surface area contributed by atoms with E-state index in [0.29, 0.717) is 12.1 Å². The molecule has 2 aromatic rings. The summed E-state index contributed by atoms with van der Waals surface area (Å²) in [4.78, 5) is 0. The van der Waals surface area contributed by atoms with Gasteiger partial charge in [0, 0.05) is 23.5 Å². The van der Waals surface area contributed by atoms with E-state index in [4.69, 9.17) is 0 Å². The Hall–Kier alpha value is -1.74. The van der Waals surface area contributed by atoms with Crippen molar-refractivity contribution in [2.24, 2.45) is 0 Å². The van der Waals surface area contributed by atoms with Gasteiger partial charge in [0.1, 0.15) is 0 Å². The second-order valence-electron chi connectivity index (χ2n) is 8.29. The molecule has 2 nitrogen and oxygen atoms in total. The molecule has 0 aromatic heterocycles. The smallest absolute Gasteiger partial charge is 0.0513 e. The van der Waals surface area contributed by atoms with E-state index in [1.165, 1.54) is 34.6 Å². The van der Waals surface area contributed by atoms with Gasteiger partial charge in [-0.3, -0.25) is 0 Å². The summed E-state index contributed by atoms with van der Waals surface area (Å²) in [5, 5.41) is 7.43. The first-order valence-electron chi connectivity index (χ1n) is 9.41. The maximum Gasteiger partial charge on any atom is 0.0513 e. The van der Waals surface area contributed by atoms with Crippen molar-refractivity contribution in [2.75, 3.05) is 10.6 Å². The Labute approximate surface area is 155 Å². The molecule has 2 rings (SSSR count). The Balaban J connectivity index is 1.89. The van der Waals surface area contributed by atoms with Gasteiger partial charge in [0.25, 0.3) is 0 Å². The van der Waals surface area contributed by atoms with Crippen LogP contribution in [-0.2, 0) is 0 Å². The maximum absolute atomic E-state index is 3.71. The monoisotopic (exact) mass is 354 g/mol. The van der Waals surface area contributed by atoms with Gasteiger partial charge in [-0.15, -0.1) is 0 Å². The van der Waals surface area contributed by atoms with Crippen molar-refractivity contribution in [1.82, 2.24) is 0 Å². The quantitative estimate of drug-likeness (QED) is 0.543. The molecule has 2 unspecified atom stereocenters. The third-order valence-electron chi connectivity index (χ3n) is 4.81. The molecular weight excluding hydrogens is 320 g/mol. The zero-order valence-electron chi connectivity index (χ0n) is 16.7. The average Bonchev–Trinajstić information content (AvgIpc) is 2.50. The summed E-state index contributed by atoms with van der Waals surface area (Å²) in [5.74, 6) is 0. The van der Waals surface area contributed by atoms with E-state index in [9.17, 15) is 0 Å². The lowest BCUT2D eigenvalue weighted by Crippen LogP contribution is -2.37. The normalized spacial score (nSPS) is 14.0. The second-order valence-corrected chi connectivity index (χ2v) is 13.4. The van der Waals surface area contributed by atoms with Gasteiger partial charge in [-0.25, -0.2) is 0 Å². The number of rotatable bonds is 8. The zero-order chi connectivity index (χ0) is 18.4. The van der Waals surface area contributed by atoms with Crippen molar-refractivity contribution in [3.63, 3.8) is 0 Å². The van der Waals surface area contributed by atoms with Crippen LogP contribution in [0, 0.1) is 13.8 Å². The molecule has 0 aliphatic heterocycles. The topological polar surface area (TPSA) is 24.1 Å². The fourth-order valence-corrected chi connectivity index (χ4v) is 7.53. The zero-order valence-corrected chi connectivity index (χ0v) is 17.7. The van der Waals surface area contributed by atoms with Gasteiger partial charge >= 0.3 is 0 Å². The molecule has 2 N–H and O–H groups in total. The van der Waals surface area contributed by atoms with Crippen molar-refractivity contribution in [3.8, 4) is 0 Å². The largest absolute Gasteiger partial charge is 0.383 e. The van der Waals surface area contributed by atoms with Crippen LogP contribution >= 0.6 is 0 Å². The molecular formula is C22H34N2Si. The Morgan fingerprint density at radius 3 is 1.44 bits per heavy atom. The minimum Gasteiger partial charge on any atom is -0.383 e. The van der Waals surface area contributed by atoms with Gasteiger partial charge < -0.3 is 10.6 Å². The lowest BCUT2D eigenvalue weighted by molar-refractivity contribution is 0.830. The summed E-state index contributed by atoms with van der Waals surface area (Å²) < 4.78 is 0. The molecule has 2 aromatic carbocycles. The van der Waals surface area contributed by atoms with Crippen molar-refractivity contribution < 1.29 is 0 Å². The van der Waals surface area contributed by atoms with E-state index in [1.54, 1.807) is 0 Å². The number of hydrogen-bond acceptors (Lipinski definition) is 2. The summed E-state index contributed by atoms with van der Waals surface area (Å²) >= 11 is 0. The number of hydrogen-bond donors (Lipinski definition) is 2. The van der Waals surface area contributed by atoms with Crippen molar-refractivity contribution in [2.45, 2.75) is 65.0 Å². The van der Waals surface area contributed by atoms with Crippen LogP contribution < -0.4 is 10.6 Å². The van der Waals surface area contributed by atoms with Crippen LogP contribution in [0.1, 0.15) is 25.0 Å². The first-order chi connectivity index (χ1) is 11.8. The first-order valence-corrected chi connectivity index (χ1v) is 12.8. The van der Waals surface area contributed by atoms with Crippen molar-refractivity contribution in [1.29, 1.82) is 0 Å². The fourth-order valence-electron chi connectivity index (χ4n) is 3.84. The SMILES string of the molecule is Cc1ccccc1NC(C)C[Si](C)(C)CC(C)Nc1ccccc1C. The lowest BCUT2D eigenvalue weighted by atomic mass is 10.2. The molecule has 2 atom stereocenters. The highest BCUT2D eigenvalue weighted by Gasteiger charge is 2.26. The lowest BCUT2D eigenvalue weighted by Gasteiger charge is -2.31. The van der Waals surface area contributed by atoms with Crippen LogP contribution in [0.15, 0.2) is 48.5 Å². The Kier molecular flexibility index (Phi) is 6.71. The van der Waals surface area contributed by atoms with E-state index in [2.05, 4.69) is 100.0 Å². The highest BCUT2D eigenvalue weighted by atomic mass is 28.3. The van der Waals surface area contributed by atoms with Gasteiger partial charge in [-0.1, -0.05) is 49.5 Å². The third kappa shape index (κ3) is 6.24. The molecule has 0 amide bonds. The van der Waals surface area contributed by atoms with Crippen molar-refractivity contribution >= 4 is 19.4 Å². The molecule has 25 heavy (non-hydrogen) atoms. The summed E-state index contributed by atoms with van der Waals surface area (Å²) in [6.45, 7) is 14.0. The Bertz CT molecular complexity index is 624. The van der Waals surface area contributed by atoms with Gasteiger partial charge in [0.15, 0.2) is 0 Å². The molecule has 3 heteroatoms. The van der Waals surface area contributed by atoms with Gasteiger partial charge in [-0.05, 0) is 63.0 Å². The fraction of sp³-hybridized carbons (Fsp3) is 0.455. The number of anilines is 2. The Morgan fingerprint density at radius 2 is 1.08 bits per heavy atom. The van der Waals surface area contributed by atoms with E-state index in [0.717, 1.165) is 0 Å². The molecule has 0 spiro atoms. The number of para-hydroxylation sites is 2. The molecule has 136 valence electrons. The molecule has 0 fully saturated rings. The minimum absolute atomic E-state index is 0.508. The van der Waals surface area contributed by atoms with Crippen molar-refractivity contribution in [3.05, 3.63) is 59.7 Å². The predicted molar refractivity (Wildman–Crippen MR) is 116 cm³/mol. The van der Waals surface area contributed by atoms with Gasteiger partial charge in [0.2, 0.25) is 0 Å². The average molecular weight is 355 g/mol. The minimum atomic E-state index is -1.30. The summed E-state index contributed by atoms with van der Waals surface area (Å²) in [7, 11) is -1.30. The van der Waals surface area contributed by atoms with E-state index >= 15 is 0 Å². The van der Waals surface area contributed by atoms with Crippen LogP contribution in [0.25, 0.3) is 0 Å². The number of nitrogens with one attached hydrogen (secondary N) is 2. The molecule has 0 bridgehead atoms. The van der Waals surface area contributed by atoms with Crippen LogP contribution in [0.5, 0.6) is 0 Å². The summed E-state index contributed by atoms with van der Waals surface area (Å²) in [5.41, 5.74) is 5.18. The highest BCUT2D eigenvalue weighted by molar-refractivity contribution is 6.77.